The lowest BCUT2D eigenvalue weighted by Crippen LogP contribution is -2.19. The molecule has 0 N–H and O–H groups in total. The number of thioether (sulfide) groups is 1. The third-order valence-electron chi connectivity index (χ3n) is 3.39. The lowest BCUT2D eigenvalue weighted by atomic mass is 10.3. The molecule has 6 nitrogen and oxygen atoms in total. The summed E-state index contributed by atoms with van der Waals surface area (Å²) in [5.41, 5.74) is 0.740. The van der Waals surface area contributed by atoms with E-state index in [0.29, 0.717) is 5.82 Å². The van der Waals surface area contributed by atoms with E-state index >= 15 is 0 Å². The normalized spacial score (nSPS) is 13.2. The summed E-state index contributed by atoms with van der Waals surface area (Å²) in [6, 6.07) is 13.3. The lowest BCUT2D eigenvalue weighted by Gasteiger charge is -2.14. The number of carbonyl (C=O) groups excluding carboxylic acids is 1. The number of esters is 1. The average Bonchev–Trinajstić information content (AvgIpc) is 3.13. The quantitative estimate of drug-likeness (QED) is 0.490. The van der Waals surface area contributed by atoms with Crippen molar-refractivity contribution < 1.29 is 14.1 Å². The van der Waals surface area contributed by atoms with Gasteiger partial charge in [0.1, 0.15) is 5.25 Å². The number of hydrogen-bond acceptors (Lipinski definition) is 7. The van der Waals surface area contributed by atoms with E-state index in [1.54, 1.807) is 25.4 Å². The van der Waals surface area contributed by atoms with E-state index in [9.17, 15) is 4.79 Å². The number of carbonyl (C=O) groups is 1. The zero-order valence-electron chi connectivity index (χ0n) is 13.8. The fourth-order valence-electron chi connectivity index (χ4n) is 2.08. The summed E-state index contributed by atoms with van der Waals surface area (Å²) in [5, 5.41) is 3.56. The van der Waals surface area contributed by atoms with Crippen molar-refractivity contribution in [3.8, 4) is 11.4 Å². The van der Waals surface area contributed by atoms with Crippen molar-refractivity contribution in [1.29, 1.82) is 0 Å². The third-order valence-corrected chi connectivity index (χ3v) is 4.48. The molecule has 0 aliphatic rings. The molecule has 0 aliphatic carbocycles. The Morgan fingerprint density at radius 3 is 2.68 bits per heavy atom. The molecular weight excluding hydrogens is 338 g/mol. The maximum absolute atomic E-state index is 12.3. The van der Waals surface area contributed by atoms with Gasteiger partial charge in [0.2, 0.25) is 5.82 Å². The summed E-state index contributed by atoms with van der Waals surface area (Å²) in [5.74, 6) is 0.337. The van der Waals surface area contributed by atoms with Gasteiger partial charge in [-0.15, -0.1) is 11.8 Å². The molecule has 7 heteroatoms. The lowest BCUT2D eigenvalue weighted by molar-refractivity contribution is -0.148. The summed E-state index contributed by atoms with van der Waals surface area (Å²) in [7, 11) is 0. The van der Waals surface area contributed by atoms with Crippen LogP contribution in [0.1, 0.15) is 25.8 Å². The number of nitrogens with zero attached hydrogens (tertiary/aromatic N) is 3. The van der Waals surface area contributed by atoms with E-state index in [0.717, 1.165) is 10.5 Å². The van der Waals surface area contributed by atoms with Crippen LogP contribution in [0.4, 0.5) is 0 Å². The molecule has 128 valence electrons. The van der Waals surface area contributed by atoms with E-state index in [1.807, 2.05) is 43.3 Å². The van der Waals surface area contributed by atoms with Gasteiger partial charge in [0.05, 0.1) is 0 Å². The Morgan fingerprint density at radius 2 is 1.96 bits per heavy atom. The fraction of sp³-hybridized carbons (Fsp3) is 0.222. The maximum Gasteiger partial charge on any atom is 0.319 e. The van der Waals surface area contributed by atoms with Crippen molar-refractivity contribution in [2.24, 2.45) is 0 Å². The Hall–Kier alpha value is -2.67. The van der Waals surface area contributed by atoms with Crippen molar-refractivity contribution in [2.75, 3.05) is 0 Å². The predicted molar refractivity (Wildman–Crippen MR) is 93.8 cm³/mol. The first-order valence-corrected chi connectivity index (χ1v) is 8.67. The second-order valence-corrected chi connectivity index (χ2v) is 6.76. The Labute approximate surface area is 149 Å². The van der Waals surface area contributed by atoms with Crippen LogP contribution in [-0.2, 0) is 9.53 Å². The zero-order valence-corrected chi connectivity index (χ0v) is 14.6. The third kappa shape index (κ3) is 4.45. The largest absolute Gasteiger partial charge is 0.452 e. The molecule has 2 atom stereocenters. The Morgan fingerprint density at radius 1 is 1.16 bits per heavy atom. The van der Waals surface area contributed by atoms with E-state index in [2.05, 4.69) is 15.1 Å². The van der Waals surface area contributed by atoms with Gasteiger partial charge >= 0.3 is 5.97 Å². The highest BCUT2D eigenvalue weighted by atomic mass is 32.2. The van der Waals surface area contributed by atoms with Crippen LogP contribution in [0.5, 0.6) is 0 Å². The fourth-order valence-corrected chi connectivity index (χ4v) is 2.96. The molecule has 2 aromatic heterocycles. The molecule has 0 aliphatic heterocycles. The number of ether oxygens (including phenoxy) is 1. The van der Waals surface area contributed by atoms with Crippen molar-refractivity contribution >= 4 is 17.7 Å². The van der Waals surface area contributed by atoms with E-state index in [1.165, 1.54) is 11.8 Å². The smallest absolute Gasteiger partial charge is 0.319 e. The summed E-state index contributed by atoms with van der Waals surface area (Å²) in [6.45, 7) is 3.51. The van der Waals surface area contributed by atoms with E-state index < -0.39 is 6.10 Å². The number of benzene rings is 1. The van der Waals surface area contributed by atoms with Gasteiger partial charge in [0, 0.05) is 22.9 Å². The summed E-state index contributed by atoms with van der Waals surface area (Å²) in [6.07, 6.45) is 2.69. The van der Waals surface area contributed by atoms with Crippen LogP contribution in [-0.4, -0.2) is 26.3 Å². The van der Waals surface area contributed by atoms with Gasteiger partial charge < -0.3 is 9.26 Å². The second-order valence-electron chi connectivity index (χ2n) is 5.35. The molecule has 0 radical (unpaired) electrons. The minimum Gasteiger partial charge on any atom is -0.452 e. The Kier molecular flexibility index (Phi) is 5.45. The topological polar surface area (TPSA) is 78.1 Å². The van der Waals surface area contributed by atoms with Crippen LogP contribution in [0, 0.1) is 0 Å². The van der Waals surface area contributed by atoms with Gasteiger partial charge in [-0.1, -0.05) is 23.4 Å². The van der Waals surface area contributed by atoms with Crippen molar-refractivity contribution in [1.82, 2.24) is 15.1 Å². The van der Waals surface area contributed by atoms with E-state index in [4.69, 9.17) is 9.26 Å². The van der Waals surface area contributed by atoms with Gasteiger partial charge in [-0.2, -0.15) is 4.98 Å². The molecule has 3 aromatic rings. The number of rotatable bonds is 6. The first-order valence-electron chi connectivity index (χ1n) is 7.79. The molecule has 0 bridgehead atoms. The highest BCUT2D eigenvalue weighted by molar-refractivity contribution is 8.00. The minimum absolute atomic E-state index is 0.254. The minimum atomic E-state index is -0.621. The standard InChI is InChI=1S/C18H17N3O3S/c1-12(17-20-16(21-24-17)14-7-6-10-19-11-14)23-18(22)13(2)25-15-8-4-3-5-9-15/h3-13H,1-2H3. The number of aromatic nitrogens is 3. The van der Waals surface area contributed by atoms with Crippen molar-refractivity contribution in [2.45, 2.75) is 30.1 Å². The Balaban J connectivity index is 1.61. The van der Waals surface area contributed by atoms with E-state index in [-0.39, 0.29) is 17.1 Å². The van der Waals surface area contributed by atoms with Crippen LogP contribution in [0.25, 0.3) is 11.4 Å². The van der Waals surface area contributed by atoms with Crippen LogP contribution >= 0.6 is 11.8 Å². The highest BCUT2D eigenvalue weighted by Gasteiger charge is 2.23. The van der Waals surface area contributed by atoms with Gasteiger partial charge in [0.15, 0.2) is 6.10 Å². The van der Waals surface area contributed by atoms with Gasteiger partial charge in [-0.25, -0.2) is 0 Å². The first-order chi connectivity index (χ1) is 12.1. The monoisotopic (exact) mass is 355 g/mol. The average molecular weight is 355 g/mol. The SMILES string of the molecule is CC(Sc1ccccc1)C(=O)OC(C)c1nc(-c2cccnc2)no1. The first kappa shape index (κ1) is 17.2. The molecule has 2 heterocycles. The zero-order chi connectivity index (χ0) is 17.6. The molecule has 1 aromatic carbocycles. The van der Waals surface area contributed by atoms with Crippen molar-refractivity contribution in [3.05, 3.63) is 60.7 Å². The van der Waals surface area contributed by atoms with Gasteiger partial charge in [0.25, 0.3) is 5.89 Å². The van der Waals surface area contributed by atoms with Crippen LogP contribution in [0.15, 0.2) is 64.3 Å². The summed E-state index contributed by atoms with van der Waals surface area (Å²) < 4.78 is 10.7. The van der Waals surface area contributed by atoms with Crippen LogP contribution < -0.4 is 0 Å². The predicted octanol–water partition coefficient (Wildman–Crippen LogP) is 3.92. The maximum atomic E-state index is 12.3. The van der Waals surface area contributed by atoms with Crippen LogP contribution in [0.2, 0.25) is 0 Å². The molecule has 0 amide bonds. The number of hydrogen-bond donors (Lipinski definition) is 0. The van der Waals surface area contributed by atoms with Crippen molar-refractivity contribution in [3.63, 3.8) is 0 Å². The molecular formula is C18H17N3O3S. The molecule has 25 heavy (non-hydrogen) atoms. The Bertz CT molecular complexity index is 824. The van der Waals surface area contributed by atoms with Gasteiger partial charge in [-0.3, -0.25) is 9.78 Å². The highest BCUT2D eigenvalue weighted by Crippen LogP contribution is 2.26. The molecule has 2 unspecified atom stereocenters. The molecule has 0 spiro atoms. The summed E-state index contributed by atoms with van der Waals surface area (Å²) in [4.78, 5) is 21.6. The molecule has 0 saturated carbocycles. The second kappa shape index (κ2) is 7.94. The summed E-state index contributed by atoms with van der Waals surface area (Å²) >= 11 is 1.44. The number of pyridine rings is 1. The molecule has 3 rings (SSSR count). The molecule has 0 fully saturated rings. The van der Waals surface area contributed by atoms with Crippen LogP contribution in [0.3, 0.4) is 0 Å². The van der Waals surface area contributed by atoms with Gasteiger partial charge in [-0.05, 0) is 38.1 Å². The molecule has 0 saturated heterocycles.